The van der Waals surface area contributed by atoms with E-state index >= 15 is 0 Å². The average molecular weight is 274 g/mol. The number of fused-ring (bicyclic) bond motifs is 1. The zero-order chi connectivity index (χ0) is 13.4. The van der Waals surface area contributed by atoms with E-state index in [0.717, 1.165) is 5.56 Å². The van der Waals surface area contributed by atoms with E-state index in [1.54, 1.807) is 28.7 Å². The Labute approximate surface area is 113 Å². The predicted molar refractivity (Wildman–Crippen MR) is 70.4 cm³/mol. The van der Waals surface area contributed by atoms with E-state index in [2.05, 4.69) is 10.2 Å². The van der Waals surface area contributed by atoms with Crippen molar-refractivity contribution in [2.45, 2.75) is 0 Å². The number of carboxylic acids is 1. The molecule has 0 bridgehead atoms. The summed E-state index contributed by atoms with van der Waals surface area (Å²) in [6, 6.07) is 10.3. The zero-order valence-corrected chi connectivity index (χ0v) is 10.4. The summed E-state index contributed by atoms with van der Waals surface area (Å²) < 4.78 is 1.63. The third kappa shape index (κ3) is 2.04. The van der Waals surface area contributed by atoms with E-state index in [-0.39, 0.29) is 5.56 Å². The summed E-state index contributed by atoms with van der Waals surface area (Å²) in [5.41, 5.74) is 1.54. The second-order valence-electron chi connectivity index (χ2n) is 3.99. The molecule has 0 atom stereocenters. The van der Waals surface area contributed by atoms with Gasteiger partial charge in [-0.1, -0.05) is 23.7 Å². The molecule has 1 aromatic carbocycles. The number of aromatic carboxylic acids is 1. The maximum Gasteiger partial charge on any atom is 0.337 e. The Kier molecular flexibility index (Phi) is 2.68. The van der Waals surface area contributed by atoms with Crippen molar-refractivity contribution in [1.29, 1.82) is 0 Å². The van der Waals surface area contributed by atoms with E-state index in [9.17, 15) is 4.79 Å². The molecule has 0 unspecified atom stereocenters. The second-order valence-corrected chi connectivity index (χ2v) is 4.42. The van der Waals surface area contributed by atoms with Gasteiger partial charge in [-0.3, -0.25) is 4.40 Å². The molecule has 1 N–H and O–H groups in total. The lowest BCUT2D eigenvalue weighted by Crippen LogP contribution is -1.99. The number of pyridine rings is 1. The lowest BCUT2D eigenvalue weighted by atomic mass is 10.2. The van der Waals surface area contributed by atoms with E-state index in [1.807, 2.05) is 6.07 Å². The summed E-state index contributed by atoms with van der Waals surface area (Å²) in [6.07, 6.45) is 1.49. The molecule has 0 amide bonds. The van der Waals surface area contributed by atoms with Crippen LogP contribution in [0.5, 0.6) is 0 Å². The number of nitrogens with zero attached hydrogens (tertiary/aromatic N) is 3. The summed E-state index contributed by atoms with van der Waals surface area (Å²) in [5, 5.41) is 17.7. The molecule has 0 aliphatic rings. The minimum Gasteiger partial charge on any atom is -0.478 e. The molecule has 0 spiro atoms. The van der Waals surface area contributed by atoms with Gasteiger partial charge in [-0.05, 0) is 24.3 Å². The molecule has 2 aromatic heterocycles. The minimum absolute atomic E-state index is 0.176. The van der Waals surface area contributed by atoms with Crippen LogP contribution in [0.25, 0.3) is 17.0 Å². The topological polar surface area (TPSA) is 67.5 Å². The Morgan fingerprint density at radius 3 is 2.79 bits per heavy atom. The first-order chi connectivity index (χ1) is 9.15. The molecule has 6 heteroatoms. The number of aromatic nitrogens is 3. The van der Waals surface area contributed by atoms with Gasteiger partial charge in [0.1, 0.15) is 0 Å². The molecular weight excluding hydrogens is 266 g/mol. The number of hydrogen-bond donors (Lipinski definition) is 1. The van der Waals surface area contributed by atoms with Crippen molar-refractivity contribution in [3.8, 4) is 11.4 Å². The molecule has 0 fully saturated rings. The zero-order valence-electron chi connectivity index (χ0n) is 9.62. The number of halogens is 1. The molecule has 94 valence electrons. The molecular formula is C13H8ClN3O2. The predicted octanol–water partition coefficient (Wildman–Crippen LogP) is 2.75. The van der Waals surface area contributed by atoms with Crippen molar-refractivity contribution in [2.24, 2.45) is 0 Å². The van der Waals surface area contributed by atoms with Gasteiger partial charge in [-0.15, -0.1) is 10.2 Å². The van der Waals surface area contributed by atoms with E-state index in [4.69, 9.17) is 16.7 Å². The average Bonchev–Trinajstić information content (AvgIpc) is 2.81. The van der Waals surface area contributed by atoms with Gasteiger partial charge in [-0.25, -0.2) is 4.79 Å². The maximum atomic E-state index is 11.0. The standard InChI is InChI=1S/C13H8ClN3O2/c14-10-3-1-2-8(6-10)12-16-15-11-5-4-9(13(18)19)7-17(11)12/h1-7H,(H,18,19). The largest absolute Gasteiger partial charge is 0.478 e. The van der Waals surface area contributed by atoms with Crippen molar-refractivity contribution in [3.05, 3.63) is 53.2 Å². The number of rotatable bonds is 2. The third-order valence-corrected chi connectivity index (χ3v) is 2.97. The highest BCUT2D eigenvalue weighted by atomic mass is 35.5. The van der Waals surface area contributed by atoms with Crippen molar-refractivity contribution >= 4 is 23.2 Å². The van der Waals surface area contributed by atoms with Gasteiger partial charge in [0.05, 0.1) is 5.56 Å². The maximum absolute atomic E-state index is 11.0. The van der Waals surface area contributed by atoms with Gasteiger partial charge in [0, 0.05) is 16.8 Å². The van der Waals surface area contributed by atoms with Gasteiger partial charge < -0.3 is 5.11 Å². The summed E-state index contributed by atoms with van der Waals surface area (Å²) in [5.74, 6) is -0.437. The first kappa shape index (κ1) is 11.7. The summed E-state index contributed by atoms with van der Waals surface area (Å²) in [6.45, 7) is 0. The first-order valence-corrected chi connectivity index (χ1v) is 5.87. The van der Waals surface area contributed by atoms with Gasteiger partial charge in [-0.2, -0.15) is 0 Å². The van der Waals surface area contributed by atoms with Crippen molar-refractivity contribution in [1.82, 2.24) is 14.6 Å². The number of hydrogen-bond acceptors (Lipinski definition) is 3. The molecule has 0 aliphatic heterocycles. The Morgan fingerprint density at radius 2 is 2.05 bits per heavy atom. The highest BCUT2D eigenvalue weighted by Crippen LogP contribution is 2.22. The third-order valence-electron chi connectivity index (χ3n) is 2.73. The molecule has 0 saturated carbocycles. The molecule has 2 heterocycles. The second kappa shape index (κ2) is 4.37. The first-order valence-electron chi connectivity index (χ1n) is 5.49. The van der Waals surface area contributed by atoms with Gasteiger partial charge >= 0.3 is 5.97 Å². The van der Waals surface area contributed by atoms with Crippen LogP contribution < -0.4 is 0 Å². The van der Waals surface area contributed by atoms with E-state index in [0.29, 0.717) is 16.5 Å². The molecule has 5 nitrogen and oxygen atoms in total. The summed E-state index contributed by atoms with van der Waals surface area (Å²) in [7, 11) is 0. The molecule has 3 aromatic rings. The molecule has 0 aliphatic carbocycles. The lowest BCUT2D eigenvalue weighted by molar-refractivity contribution is 0.0696. The van der Waals surface area contributed by atoms with E-state index < -0.39 is 5.97 Å². The SMILES string of the molecule is O=C(O)c1ccc2nnc(-c3cccc(Cl)c3)n2c1. The molecule has 0 radical (unpaired) electrons. The number of carbonyl (C=O) groups is 1. The quantitative estimate of drug-likeness (QED) is 0.779. The summed E-state index contributed by atoms with van der Waals surface area (Å²) in [4.78, 5) is 11.0. The molecule has 3 rings (SSSR count). The van der Waals surface area contributed by atoms with Crippen molar-refractivity contribution in [2.75, 3.05) is 0 Å². The summed E-state index contributed by atoms with van der Waals surface area (Å²) >= 11 is 5.94. The normalized spacial score (nSPS) is 10.8. The Morgan fingerprint density at radius 1 is 1.21 bits per heavy atom. The number of carboxylic acid groups (broad SMARTS) is 1. The van der Waals surface area contributed by atoms with Crippen LogP contribution in [0, 0.1) is 0 Å². The van der Waals surface area contributed by atoms with Crippen LogP contribution in [0.2, 0.25) is 5.02 Å². The molecule has 0 saturated heterocycles. The van der Waals surface area contributed by atoms with Crippen LogP contribution >= 0.6 is 11.6 Å². The van der Waals surface area contributed by atoms with Gasteiger partial charge in [0.2, 0.25) is 0 Å². The highest BCUT2D eigenvalue weighted by Gasteiger charge is 2.11. The van der Waals surface area contributed by atoms with Gasteiger partial charge in [0.15, 0.2) is 11.5 Å². The fourth-order valence-electron chi connectivity index (χ4n) is 1.84. The fraction of sp³-hybridized carbons (Fsp3) is 0. The number of benzene rings is 1. The van der Waals surface area contributed by atoms with Crippen LogP contribution in [0.15, 0.2) is 42.6 Å². The Balaban J connectivity index is 2.24. The smallest absolute Gasteiger partial charge is 0.337 e. The van der Waals surface area contributed by atoms with E-state index in [1.165, 1.54) is 12.3 Å². The van der Waals surface area contributed by atoms with Crippen LogP contribution in [-0.2, 0) is 0 Å². The Hall–Kier alpha value is -2.40. The highest BCUT2D eigenvalue weighted by molar-refractivity contribution is 6.30. The van der Waals surface area contributed by atoms with Crippen molar-refractivity contribution < 1.29 is 9.90 Å². The lowest BCUT2D eigenvalue weighted by Gasteiger charge is -2.01. The van der Waals surface area contributed by atoms with Crippen LogP contribution in [0.3, 0.4) is 0 Å². The van der Waals surface area contributed by atoms with Crippen LogP contribution in [-0.4, -0.2) is 25.7 Å². The van der Waals surface area contributed by atoms with Crippen LogP contribution in [0.4, 0.5) is 0 Å². The Bertz CT molecular complexity index is 782. The van der Waals surface area contributed by atoms with Crippen molar-refractivity contribution in [3.63, 3.8) is 0 Å². The fourth-order valence-corrected chi connectivity index (χ4v) is 2.03. The van der Waals surface area contributed by atoms with Gasteiger partial charge in [0.25, 0.3) is 0 Å². The van der Waals surface area contributed by atoms with Crippen LogP contribution in [0.1, 0.15) is 10.4 Å². The molecule has 19 heavy (non-hydrogen) atoms. The minimum atomic E-state index is -0.993. The monoisotopic (exact) mass is 273 g/mol.